The fourth-order valence-corrected chi connectivity index (χ4v) is 4.89. The quantitative estimate of drug-likeness (QED) is 0.774. The van der Waals surface area contributed by atoms with Crippen LogP contribution in [0.5, 0.6) is 0 Å². The van der Waals surface area contributed by atoms with E-state index in [4.69, 9.17) is 9.72 Å². The molecule has 4 heterocycles. The van der Waals surface area contributed by atoms with Crippen molar-refractivity contribution >= 4 is 11.9 Å². The maximum Gasteiger partial charge on any atom is 0.255 e. The Morgan fingerprint density at radius 2 is 1.97 bits per heavy atom. The number of H-pyrrole nitrogens is 2. The lowest BCUT2D eigenvalue weighted by atomic mass is 9.76. The zero-order chi connectivity index (χ0) is 19.8. The van der Waals surface area contributed by atoms with E-state index in [9.17, 15) is 9.59 Å². The second-order valence-electron chi connectivity index (χ2n) is 8.24. The van der Waals surface area contributed by atoms with E-state index >= 15 is 0 Å². The number of aromatic nitrogens is 4. The summed E-state index contributed by atoms with van der Waals surface area (Å²) in [7, 11) is 0. The summed E-state index contributed by atoms with van der Waals surface area (Å²) in [5.41, 5.74) is 2.54. The van der Waals surface area contributed by atoms with Crippen LogP contribution in [0.3, 0.4) is 0 Å². The van der Waals surface area contributed by atoms with Crippen LogP contribution < -0.4 is 10.5 Å². The van der Waals surface area contributed by atoms with E-state index in [1.54, 1.807) is 6.20 Å². The van der Waals surface area contributed by atoms with Crippen LogP contribution in [-0.4, -0.2) is 70.4 Å². The Morgan fingerprint density at radius 1 is 1.17 bits per heavy atom. The van der Waals surface area contributed by atoms with E-state index in [1.807, 2.05) is 11.0 Å². The lowest BCUT2D eigenvalue weighted by Crippen LogP contribution is -2.45. The van der Waals surface area contributed by atoms with Gasteiger partial charge in [-0.3, -0.25) is 19.7 Å². The van der Waals surface area contributed by atoms with Gasteiger partial charge in [-0.1, -0.05) is 0 Å². The first-order chi connectivity index (χ1) is 14.1. The SMILES string of the molecule is O=C(Cc1ccn[nH]1)N1CCC2(CCc3c2nc(N2CCOCC2)[nH]c3=O)CC1. The largest absolute Gasteiger partial charge is 0.378 e. The van der Waals surface area contributed by atoms with Gasteiger partial charge in [-0.2, -0.15) is 5.10 Å². The van der Waals surface area contributed by atoms with Gasteiger partial charge >= 0.3 is 0 Å². The molecule has 0 saturated carbocycles. The number of nitrogens with one attached hydrogen (secondary N) is 2. The molecule has 2 aromatic rings. The summed E-state index contributed by atoms with van der Waals surface area (Å²) in [6.07, 6.45) is 5.43. The third kappa shape index (κ3) is 3.33. The number of carbonyl (C=O) groups is 1. The molecule has 1 aliphatic carbocycles. The summed E-state index contributed by atoms with van der Waals surface area (Å²) in [6, 6.07) is 1.83. The average Bonchev–Trinajstić information content (AvgIpc) is 3.38. The first kappa shape index (κ1) is 18.4. The highest BCUT2D eigenvalue weighted by atomic mass is 16.5. The molecule has 0 radical (unpaired) electrons. The predicted octanol–water partition coefficient (Wildman–Crippen LogP) is 0.379. The van der Waals surface area contributed by atoms with E-state index in [2.05, 4.69) is 20.1 Å². The molecule has 154 valence electrons. The third-order valence-electron chi connectivity index (χ3n) is 6.64. The van der Waals surface area contributed by atoms with Crippen LogP contribution >= 0.6 is 0 Å². The fourth-order valence-electron chi connectivity index (χ4n) is 4.89. The van der Waals surface area contributed by atoms with Crippen molar-refractivity contribution in [2.45, 2.75) is 37.5 Å². The normalized spacial score (nSPS) is 20.8. The summed E-state index contributed by atoms with van der Waals surface area (Å²) in [5, 5.41) is 6.76. The lowest BCUT2D eigenvalue weighted by Gasteiger charge is -2.39. The molecule has 29 heavy (non-hydrogen) atoms. The fraction of sp³-hybridized carbons (Fsp3) is 0.600. The Labute approximate surface area is 168 Å². The summed E-state index contributed by atoms with van der Waals surface area (Å²) in [6.45, 7) is 4.19. The summed E-state index contributed by atoms with van der Waals surface area (Å²) < 4.78 is 5.42. The number of aromatic amines is 2. The van der Waals surface area contributed by atoms with Crippen LogP contribution in [0.2, 0.25) is 0 Å². The number of piperidine rings is 1. The van der Waals surface area contributed by atoms with E-state index in [0.29, 0.717) is 38.7 Å². The molecule has 2 aromatic heterocycles. The average molecular weight is 398 g/mol. The van der Waals surface area contributed by atoms with Crippen molar-refractivity contribution in [3.05, 3.63) is 39.6 Å². The van der Waals surface area contributed by atoms with E-state index in [1.165, 1.54) is 0 Å². The highest BCUT2D eigenvalue weighted by Crippen LogP contribution is 2.44. The minimum Gasteiger partial charge on any atom is -0.378 e. The molecule has 2 N–H and O–H groups in total. The topological polar surface area (TPSA) is 107 Å². The lowest BCUT2D eigenvalue weighted by molar-refractivity contribution is -0.132. The molecule has 0 bridgehead atoms. The number of carbonyl (C=O) groups excluding carboxylic acids is 1. The number of hydrogen-bond acceptors (Lipinski definition) is 6. The molecule has 0 unspecified atom stereocenters. The Morgan fingerprint density at radius 3 is 2.69 bits per heavy atom. The van der Waals surface area contributed by atoms with Crippen LogP contribution in [0.1, 0.15) is 36.2 Å². The molecule has 9 nitrogen and oxygen atoms in total. The molecule has 5 rings (SSSR count). The van der Waals surface area contributed by atoms with Crippen LogP contribution in [0, 0.1) is 0 Å². The number of morpholine rings is 1. The Balaban J connectivity index is 1.34. The Bertz CT molecular complexity index is 940. The molecule has 0 atom stereocenters. The molecule has 2 fully saturated rings. The summed E-state index contributed by atoms with van der Waals surface area (Å²) in [4.78, 5) is 37.3. The van der Waals surface area contributed by atoms with Crippen LogP contribution in [-0.2, 0) is 27.8 Å². The molecule has 0 aromatic carbocycles. The minimum atomic E-state index is -0.0879. The standard InChI is InChI=1S/C20H26N6O3/c27-16(13-14-2-6-21-24-14)25-7-4-20(5-8-25)3-1-15-17(20)22-19(23-18(15)28)26-9-11-29-12-10-26/h2,6H,1,3-5,7-13H2,(H,21,24)(H,22,23,28). The zero-order valence-electron chi connectivity index (χ0n) is 16.4. The Hall–Kier alpha value is -2.68. The van der Waals surface area contributed by atoms with Crippen molar-refractivity contribution < 1.29 is 9.53 Å². The predicted molar refractivity (Wildman–Crippen MR) is 106 cm³/mol. The van der Waals surface area contributed by atoms with Crippen molar-refractivity contribution in [2.24, 2.45) is 0 Å². The van der Waals surface area contributed by atoms with Gasteiger partial charge in [0.05, 0.1) is 25.3 Å². The molecule has 9 heteroatoms. The molecule has 1 spiro atoms. The number of nitrogens with zero attached hydrogens (tertiary/aromatic N) is 4. The highest BCUT2D eigenvalue weighted by Gasteiger charge is 2.44. The monoisotopic (exact) mass is 398 g/mol. The second-order valence-corrected chi connectivity index (χ2v) is 8.24. The van der Waals surface area contributed by atoms with Crippen molar-refractivity contribution in [1.29, 1.82) is 0 Å². The summed E-state index contributed by atoms with van der Waals surface area (Å²) >= 11 is 0. The van der Waals surface area contributed by atoms with Gasteiger partial charge in [-0.25, -0.2) is 4.98 Å². The maximum atomic E-state index is 12.7. The first-order valence-corrected chi connectivity index (χ1v) is 10.4. The van der Waals surface area contributed by atoms with E-state index < -0.39 is 0 Å². The maximum absolute atomic E-state index is 12.7. The van der Waals surface area contributed by atoms with Gasteiger partial charge in [-0.05, 0) is 31.7 Å². The molecular weight excluding hydrogens is 372 g/mol. The number of rotatable bonds is 3. The highest BCUT2D eigenvalue weighted by molar-refractivity contribution is 5.78. The van der Waals surface area contributed by atoms with Crippen LogP contribution in [0.15, 0.2) is 17.1 Å². The van der Waals surface area contributed by atoms with Crippen molar-refractivity contribution in [1.82, 2.24) is 25.1 Å². The van der Waals surface area contributed by atoms with Crippen LogP contribution in [0.4, 0.5) is 5.95 Å². The molecule has 2 saturated heterocycles. The van der Waals surface area contributed by atoms with Crippen molar-refractivity contribution in [3.63, 3.8) is 0 Å². The van der Waals surface area contributed by atoms with Crippen LogP contribution in [0.25, 0.3) is 0 Å². The molecule has 1 amide bonds. The van der Waals surface area contributed by atoms with Crippen molar-refractivity contribution in [2.75, 3.05) is 44.3 Å². The number of anilines is 1. The zero-order valence-corrected chi connectivity index (χ0v) is 16.4. The van der Waals surface area contributed by atoms with Gasteiger partial charge < -0.3 is 14.5 Å². The molecular formula is C20H26N6O3. The van der Waals surface area contributed by atoms with E-state index in [-0.39, 0.29) is 16.9 Å². The number of likely N-dealkylation sites (tertiary alicyclic amines) is 1. The molecule has 3 aliphatic rings. The van der Waals surface area contributed by atoms with Gasteiger partial charge in [0.1, 0.15) is 0 Å². The third-order valence-corrected chi connectivity index (χ3v) is 6.64. The molecule has 2 aliphatic heterocycles. The second kappa shape index (κ2) is 7.29. The first-order valence-electron chi connectivity index (χ1n) is 10.4. The number of fused-ring (bicyclic) bond motifs is 2. The summed E-state index contributed by atoms with van der Waals surface area (Å²) in [5.74, 6) is 0.784. The van der Waals surface area contributed by atoms with Gasteiger partial charge in [0.2, 0.25) is 11.9 Å². The van der Waals surface area contributed by atoms with Gasteiger partial charge in [0.15, 0.2) is 0 Å². The number of hydrogen-bond donors (Lipinski definition) is 2. The number of ether oxygens (including phenoxy) is 1. The van der Waals surface area contributed by atoms with E-state index in [0.717, 1.165) is 55.7 Å². The Kier molecular flexibility index (Phi) is 4.61. The van der Waals surface area contributed by atoms with Gasteiger partial charge in [0, 0.05) is 49.0 Å². The smallest absolute Gasteiger partial charge is 0.255 e. The van der Waals surface area contributed by atoms with Gasteiger partial charge in [-0.15, -0.1) is 0 Å². The van der Waals surface area contributed by atoms with Crippen molar-refractivity contribution in [3.8, 4) is 0 Å². The van der Waals surface area contributed by atoms with Gasteiger partial charge in [0.25, 0.3) is 5.56 Å². The minimum absolute atomic E-state index is 0.00822. The number of amides is 1.